The third-order valence-corrected chi connectivity index (χ3v) is 3.78. The molecule has 4 heteroatoms. The first-order valence-corrected chi connectivity index (χ1v) is 6.80. The molecule has 0 radical (unpaired) electrons. The highest BCUT2D eigenvalue weighted by atomic mass is 19.1. The summed E-state index contributed by atoms with van der Waals surface area (Å²) in [5.41, 5.74) is 1.07. The van der Waals surface area contributed by atoms with Crippen LogP contribution in [0.15, 0.2) is 18.2 Å². The minimum atomic E-state index is -0.446. The van der Waals surface area contributed by atoms with Crippen molar-refractivity contribution in [3.63, 3.8) is 0 Å². The Hall–Kier alpha value is -1.44. The molecule has 1 unspecified atom stereocenters. The van der Waals surface area contributed by atoms with Gasteiger partial charge in [-0.2, -0.15) is 5.26 Å². The summed E-state index contributed by atoms with van der Waals surface area (Å²) >= 11 is 0. The van der Waals surface area contributed by atoms with Gasteiger partial charge in [-0.3, -0.25) is 0 Å². The predicted octanol–water partition coefficient (Wildman–Crippen LogP) is 2.27. The Morgan fingerprint density at radius 1 is 1.47 bits per heavy atom. The van der Waals surface area contributed by atoms with Crippen LogP contribution in [0.25, 0.3) is 0 Å². The first kappa shape index (κ1) is 14.0. The van der Waals surface area contributed by atoms with Gasteiger partial charge in [-0.1, -0.05) is 12.5 Å². The smallest absolute Gasteiger partial charge is 0.140 e. The molecule has 19 heavy (non-hydrogen) atoms. The van der Waals surface area contributed by atoms with Gasteiger partial charge in [0.25, 0.3) is 0 Å². The van der Waals surface area contributed by atoms with Crippen LogP contribution < -0.4 is 5.32 Å². The van der Waals surface area contributed by atoms with Gasteiger partial charge in [0.05, 0.1) is 5.56 Å². The van der Waals surface area contributed by atoms with Crippen molar-refractivity contribution in [2.24, 2.45) is 0 Å². The van der Waals surface area contributed by atoms with Crippen LogP contribution in [-0.2, 0) is 6.54 Å². The Bertz CT molecular complexity index is 467. The second kappa shape index (κ2) is 6.65. The lowest BCUT2D eigenvalue weighted by atomic mass is 10.0. The SMILES string of the molecule is CN1CCCCC1CNCc1ccc(F)c(C#N)c1. The molecule has 1 atom stereocenters. The fourth-order valence-electron chi connectivity index (χ4n) is 2.55. The van der Waals surface area contributed by atoms with E-state index in [1.807, 2.05) is 6.07 Å². The molecule has 0 bridgehead atoms. The van der Waals surface area contributed by atoms with Gasteiger partial charge in [0.15, 0.2) is 0 Å². The summed E-state index contributed by atoms with van der Waals surface area (Å²) in [5, 5.41) is 12.2. The molecule has 1 fully saturated rings. The van der Waals surface area contributed by atoms with Gasteiger partial charge in [-0.25, -0.2) is 4.39 Å². The quantitative estimate of drug-likeness (QED) is 0.903. The molecule has 1 aliphatic rings. The molecule has 1 heterocycles. The van der Waals surface area contributed by atoms with Crippen LogP contribution in [0.2, 0.25) is 0 Å². The number of nitrogens with zero attached hydrogens (tertiary/aromatic N) is 2. The highest BCUT2D eigenvalue weighted by Gasteiger charge is 2.17. The number of likely N-dealkylation sites (tertiary alicyclic amines) is 1. The number of nitrogens with one attached hydrogen (secondary N) is 1. The van der Waals surface area contributed by atoms with Crippen molar-refractivity contribution in [2.45, 2.75) is 31.8 Å². The standard InChI is InChI=1S/C15H20FN3/c1-19-7-3-2-4-14(19)11-18-10-12-5-6-15(16)13(8-12)9-17/h5-6,8,14,18H,2-4,7,10-11H2,1H3. The number of benzene rings is 1. The summed E-state index contributed by atoms with van der Waals surface area (Å²) in [6.45, 7) is 2.79. The molecule has 0 saturated carbocycles. The molecule has 0 aliphatic carbocycles. The zero-order chi connectivity index (χ0) is 13.7. The number of likely N-dealkylation sites (N-methyl/N-ethyl adjacent to an activating group) is 1. The Balaban J connectivity index is 1.84. The number of halogens is 1. The maximum Gasteiger partial charge on any atom is 0.140 e. The van der Waals surface area contributed by atoms with Gasteiger partial charge < -0.3 is 10.2 Å². The van der Waals surface area contributed by atoms with Gasteiger partial charge in [-0.15, -0.1) is 0 Å². The van der Waals surface area contributed by atoms with Crippen LogP contribution in [0.3, 0.4) is 0 Å². The van der Waals surface area contributed by atoms with Gasteiger partial charge in [0, 0.05) is 19.1 Å². The van der Waals surface area contributed by atoms with Crippen molar-refractivity contribution >= 4 is 0 Å². The average molecular weight is 261 g/mol. The van der Waals surface area contributed by atoms with Gasteiger partial charge in [0.1, 0.15) is 11.9 Å². The van der Waals surface area contributed by atoms with E-state index in [0.717, 1.165) is 12.1 Å². The predicted molar refractivity (Wildman–Crippen MR) is 73.1 cm³/mol. The highest BCUT2D eigenvalue weighted by molar-refractivity contribution is 5.34. The Morgan fingerprint density at radius 3 is 3.05 bits per heavy atom. The number of hydrogen-bond donors (Lipinski definition) is 1. The van der Waals surface area contributed by atoms with E-state index in [0.29, 0.717) is 12.6 Å². The molecule has 1 N–H and O–H groups in total. The molecule has 102 valence electrons. The Morgan fingerprint density at radius 2 is 2.32 bits per heavy atom. The summed E-state index contributed by atoms with van der Waals surface area (Å²) in [4.78, 5) is 2.39. The lowest BCUT2D eigenvalue weighted by Gasteiger charge is -2.32. The van der Waals surface area contributed by atoms with Crippen molar-refractivity contribution in [2.75, 3.05) is 20.1 Å². The Labute approximate surface area is 114 Å². The molecule has 2 rings (SSSR count). The van der Waals surface area contributed by atoms with Crippen LogP contribution in [0, 0.1) is 17.1 Å². The van der Waals surface area contributed by atoms with Crippen LogP contribution in [-0.4, -0.2) is 31.1 Å². The molecule has 3 nitrogen and oxygen atoms in total. The lowest BCUT2D eigenvalue weighted by Crippen LogP contribution is -2.42. The zero-order valence-electron chi connectivity index (χ0n) is 11.3. The van der Waals surface area contributed by atoms with Gasteiger partial charge in [-0.05, 0) is 44.1 Å². The molecular weight excluding hydrogens is 241 g/mol. The molecule has 0 aromatic heterocycles. The first-order chi connectivity index (χ1) is 9.20. The van der Waals surface area contributed by atoms with Crippen LogP contribution in [0.4, 0.5) is 4.39 Å². The van der Waals surface area contributed by atoms with E-state index in [1.54, 1.807) is 12.1 Å². The van der Waals surface area contributed by atoms with E-state index in [-0.39, 0.29) is 5.56 Å². The molecule has 1 aliphatic heterocycles. The van der Waals surface area contributed by atoms with E-state index in [9.17, 15) is 4.39 Å². The Kier molecular flexibility index (Phi) is 4.89. The number of nitriles is 1. The molecule has 1 saturated heterocycles. The largest absolute Gasteiger partial charge is 0.311 e. The lowest BCUT2D eigenvalue weighted by molar-refractivity contribution is 0.181. The van der Waals surface area contributed by atoms with Crippen molar-refractivity contribution in [3.8, 4) is 6.07 Å². The second-order valence-electron chi connectivity index (χ2n) is 5.19. The maximum atomic E-state index is 13.2. The van der Waals surface area contributed by atoms with Gasteiger partial charge in [0.2, 0.25) is 0 Å². The van der Waals surface area contributed by atoms with Crippen molar-refractivity contribution in [1.29, 1.82) is 5.26 Å². The third-order valence-electron chi connectivity index (χ3n) is 3.78. The van der Waals surface area contributed by atoms with Crippen molar-refractivity contribution in [1.82, 2.24) is 10.2 Å². The number of hydrogen-bond acceptors (Lipinski definition) is 3. The summed E-state index contributed by atoms with van der Waals surface area (Å²) < 4.78 is 13.2. The summed E-state index contributed by atoms with van der Waals surface area (Å²) in [6.07, 6.45) is 3.82. The monoisotopic (exact) mass is 261 g/mol. The third kappa shape index (κ3) is 3.76. The molecular formula is C15H20FN3. The summed E-state index contributed by atoms with van der Waals surface area (Å²) in [7, 11) is 2.16. The van der Waals surface area contributed by atoms with E-state index in [4.69, 9.17) is 5.26 Å². The second-order valence-corrected chi connectivity index (χ2v) is 5.19. The van der Waals surface area contributed by atoms with E-state index >= 15 is 0 Å². The molecule has 0 spiro atoms. The topological polar surface area (TPSA) is 39.1 Å². The van der Waals surface area contributed by atoms with Crippen molar-refractivity contribution in [3.05, 3.63) is 35.1 Å². The fourth-order valence-corrected chi connectivity index (χ4v) is 2.55. The van der Waals surface area contributed by atoms with E-state index < -0.39 is 5.82 Å². The molecule has 1 aromatic rings. The normalized spacial score (nSPS) is 20.2. The fraction of sp³-hybridized carbons (Fsp3) is 0.533. The summed E-state index contributed by atoms with van der Waals surface area (Å²) in [6, 6.07) is 7.17. The maximum absolute atomic E-state index is 13.2. The zero-order valence-corrected chi connectivity index (χ0v) is 11.3. The highest BCUT2D eigenvalue weighted by Crippen LogP contribution is 2.14. The van der Waals surface area contributed by atoms with Crippen LogP contribution in [0.1, 0.15) is 30.4 Å². The van der Waals surface area contributed by atoms with Crippen molar-refractivity contribution < 1.29 is 4.39 Å². The minimum Gasteiger partial charge on any atom is -0.311 e. The van der Waals surface area contributed by atoms with Crippen LogP contribution in [0.5, 0.6) is 0 Å². The number of piperidine rings is 1. The van der Waals surface area contributed by atoms with Gasteiger partial charge >= 0.3 is 0 Å². The van der Waals surface area contributed by atoms with Crippen LogP contribution >= 0.6 is 0 Å². The summed E-state index contributed by atoms with van der Waals surface area (Å²) in [5.74, 6) is -0.446. The first-order valence-electron chi connectivity index (χ1n) is 6.80. The molecule has 1 aromatic carbocycles. The minimum absolute atomic E-state index is 0.120. The van der Waals surface area contributed by atoms with E-state index in [1.165, 1.54) is 31.9 Å². The van der Waals surface area contributed by atoms with E-state index in [2.05, 4.69) is 17.3 Å². The number of rotatable bonds is 4. The average Bonchev–Trinajstić information content (AvgIpc) is 2.43. The molecule has 0 amide bonds.